The lowest BCUT2D eigenvalue weighted by Crippen LogP contribution is -2.09. The van der Waals surface area contributed by atoms with Gasteiger partial charge in [0.25, 0.3) is 5.91 Å². The fourth-order valence-corrected chi connectivity index (χ4v) is 4.03. The van der Waals surface area contributed by atoms with Crippen LogP contribution in [0.2, 0.25) is 0 Å². The van der Waals surface area contributed by atoms with Gasteiger partial charge in [-0.2, -0.15) is 0 Å². The summed E-state index contributed by atoms with van der Waals surface area (Å²) < 4.78 is 0.949. The molecule has 0 saturated carbocycles. The third-order valence-corrected chi connectivity index (χ3v) is 5.74. The zero-order chi connectivity index (χ0) is 16.1. The first-order valence-electron chi connectivity index (χ1n) is 6.89. The van der Waals surface area contributed by atoms with Crippen molar-refractivity contribution in [2.45, 2.75) is 10.6 Å². The fraction of sp³-hybridized carbons (Fsp3) is 0.0588. The maximum Gasteiger partial charge on any atom is 0.265 e. The number of rotatable bonds is 5. The molecule has 1 amide bonds. The number of hydrogen-bond acceptors (Lipinski definition) is 4. The Morgan fingerprint density at radius 3 is 2.65 bits per heavy atom. The van der Waals surface area contributed by atoms with Crippen molar-refractivity contribution in [3.05, 3.63) is 75.2 Å². The molecule has 1 aromatic carbocycles. The molecule has 116 valence electrons. The van der Waals surface area contributed by atoms with Crippen LogP contribution in [0.1, 0.15) is 15.2 Å². The number of anilines is 1. The van der Waals surface area contributed by atoms with Crippen LogP contribution in [0, 0.1) is 0 Å². The highest BCUT2D eigenvalue weighted by molar-refractivity contribution is 9.11. The Morgan fingerprint density at radius 2 is 2.00 bits per heavy atom. The Hall–Kier alpha value is -1.63. The first-order valence-corrected chi connectivity index (χ1v) is 9.49. The topological polar surface area (TPSA) is 42.0 Å². The molecule has 0 fully saturated rings. The summed E-state index contributed by atoms with van der Waals surface area (Å²) in [5.41, 5.74) is 1.99. The van der Waals surface area contributed by atoms with Gasteiger partial charge in [-0.05, 0) is 64.0 Å². The van der Waals surface area contributed by atoms with E-state index in [-0.39, 0.29) is 5.91 Å². The van der Waals surface area contributed by atoms with Gasteiger partial charge in [0.05, 0.1) is 8.66 Å². The molecule has 2 heterocycles. The summed E-state index contributed by atoms with van der Waals surface area (Å²) in [4.78, 5) is 18.0. The van der Waals surface area contributed by atoms with Crippen molar-refractivity contribution in [3.8, 4) is 0 Å². The smallest absolute Gasteiger partial charge is 0.265 e. The molecule has 3 nitrogen and oxygen atoms in total. The molecule has 3 rings (SSSR count). The largest absolute Gasteiger partial charge is 0.321 e. The van der Waals surface area contributed by atoms with E-state index in [1.165, 1.54) is 16.9 Å². The molecule has 0 aliphatic carbocycles. The average molecular weight is 405 g/mol. The van der Waals surface area contributed by atoms with Crippen molar-refractivity contribution in [1.82, 2.24) is 4.98 Å². The van der Waals surface area contributed by atoms with E-state index in [2.05, 4.69) is 32.3 Å². The van der Waals surface area contributed by atoms with Crippen molar-refractivity contribution in [1.29, 1.82) is 0 Å². The quantitative estimate of drug-likeness (QED) is 0.574. The zero-order valence-corrected chi connectivity index (χ0v) is 15.2. The summed E-state index contributed by atoms with van der Waals surface area (Å²) >= 11 is 6.53. The number of hydrogen-bond donors (Lipinski definition) is 1. The average Bonchev–Trinajstić information content (AvgIpc) is 3.02. The number of nitrogens with zero attached hydrogens (tertiary/aromatic N) is 1. The summed E-state index contributed by atoms with van der Waals surface area (Å²) in [6.07, 6.45) is 3.65. The predicted octanol–water partition coefficient (Wildman–Crippen LogP) is 5.45. The molecule has 0 unspecified atom stereocenters. The Labute approximate surface area is 151 Å². The lowest BCUT2D eigenvalue weighted by Gasteiger charge is -2.05. The normalized spacial score (nSPS) is 10.5. The minimum absolute atomic E-state index is 0.0866. The van der Waals surface area contributed by atoms with Crippen LogP contribution in [0.15, 0.2) is 69.6 Å². The molecule has 0 bridgehead atoms. The van der Waals surface area contributed by atoms with E-state index in [0.717, 1.165) is 20.1 Å². The second-order valence-corrected chi connectivity index (χ2v) is 8.24. The molecule has 0 radical (unpaired) electrons. The third-order valence-electron chi connectivity index (χ3n) is 3.04. The summed E-state index contributed by atoms with van der Waals surface area (Å²) in [7, 11) is 0. The molecular formula is C17H13BrN2OS2. The molecule has 0 saturated heterocycles. The third kappa shape index (κ3) is 4.67. The Morgan fingerprint density at radius 1 is 1.17 bits per heavy atom. The number of pyridine rings is 1. The number of thioether (sulfide) groups is 1. The van der Waals surface area contributed by atoms with Crippen LogP contribution < -0.4 is 5.32 Å². The molecule has 1 N–H and O–H groups in total. The van der Waals surface area contributed by atoms with Gasteiger partial charge in [0, 0.05) is 28.7 Å². The maximum atomic E-state index is 12.1. The van der Waals surface area contributed by atoms with Gasteiger partial charge in [-0.1, -0.05) is 6.07 Å². The summed E-state index contributed by atoms with van der Waals surface area (Å²) in [5.74, 6) is 0.791. The van der Waals surface area contributed by atoms with Crippen LogP contribution in [0.4, 0.5) is 5.69 Å². The van der Waals surface area contributed by atoms with Crippen LogP contribution in [-0.4, -0.2) is 10.9 Å². The van der Waals surface area contributed by atoms with E-state index >= 15 is 0 Å². The first kappa shape index (κ1) is 16.2. The number of aromatic nitrogens is 1. The van der Waals surface area contributed by atoms with E-state index in [0.29, 0.717) is 4.88 Å². The summed E-state index contributed by atoms with van der Waals surface area (Å²) in [6, 6.07) is 15.6. The van der Waals surface area contributed by atoms with Gasteiger partial charge < -0.3 is 5.32 Å². The lowest BCUT2D eigenvalue weighted by molar-refractivity contribution is 0.103. The second-order valence-electron chi connectivity index (χ2n) is 4.73. The molecule has 0 aliphatic rings. The summed E-state index contributed by atoms with van der Waals surface area (Å²) in [6.45, 7) is 0. The maximum absolute atomic E-state index is 12.1. The van der Waals surface area contributed by atoms with Gasteiger partial charge in [-0.15, -0.1) is 23.1 Å². The van der Waals surface area contributed by atoms with Crippen LogP contribution in [0.25, 0.3) is 0 Å². The lowest BCUT2D eigenvalue weighted by atomic mass is 10.3. The van der Waals surface area contributed by atoms with Gasteiger partial charge in [0.15, 0.2) is 0 Å². The fourth-order valence-electron chi connectivity index (χ4n) is 1.91. The molecule has 0 spiro atoms. The van der Waals surface area contributed by atoms with E-state index in [1.54, 1.807) is 18.0 Å². The van der Waals surface area contributed by atoms with E-state index < -0.39 is 0 Å². The molecule has 2 aromatic heterocycles. The van der Waals surface area contributed by atoms with Crippen molar-refractivity contribution in [3.63, 3.8) is 0 Å². The number of carbonyl (C=O) groups is 1. The molecule has 0 aliphatic heterocycles. The van der Waals surface area contributed by atoms with Crippen LogP contribution in [0.3, 0.4) is 0 Å². The molecular weight excluding hydrogens is 392 g/mol. The molecule has 3 aromatic rings. The molecule has 0 atom stereocenters. The van der Waals surface area contributed by atoms with E-state index in [9.17, 15) is 4.79 Å². The number of benzene rings is 1. The van der Waals surface area contributed by atoms with Gasteiger partial charge in [0.2, 0.25) is 0 Å². The molecule has 6 heteroatoms. The minimum atomic E-state index is -0.0866. The highest BCUT2D eigenvalue weighted by Gasteiger charge is 2.08. The van der Waals surface area contributed by atoms with Crippen molar-refractivity contribution in [2.24, 2.45) is 0 Å². The van der Waals surface area contributed by atoms with Gasteiger partial charge in [-0.25, -0.2) is 0 Å². The van der Waals surface area contributed by atoms with Crippen molar-refractivity contribution in [2.75, 3.05) is 5.32 Å². The van der Waals surface area contributed by atoms with Crippen LogP contribution in [0.5, 0.6) is 0 Å². The summed E-state index contributed by atoms with van der Waals surface area (Å²) in [5, 5.41) is 2.90. The van der Waals surface area contributed by atoms with Crippen LogP contribution >= 0.6 is 39.0 Å². The van der Waals surface area contributed by atoms with Crippen molar-refractivity contribution >= 4 is 50.6 Å². The number of carbonyl (C=O) groups excluding carboxylic acids is 1. The zero-order valence-electron chi connectivity index (χ0n) is 12.0. The molecule has 23 heavy (non-hydrogen) atoms. The number of thiophene rings is 1. The Balaban J connectivity index is 1.57. The number of halogens is 1. The van der Waals surface area contributed by atoms with E-state index in [1.807, 2.05) is 48.7 Å². The highest BCUT2D eigenvalue weighted by Crippen LogP contribution is 2.25. The van der Waals surface area contributed by atoms with Gasteiger partial charge in [-0.3, -0.25) is 9.78 Å². The van der Waals surface area contributed by atoms with E-state index in [4.69, 9.17) is 0 Å². The minimum Gasteiger partial charge on any atom is -0.321 e. The predicted molar refractivity (Wildman–Crippen MR) is 100 cm³/mol. The SMILES string of the molecule is O=C(Nc1ccc(SCc2cccnc2)cc1)c1ccc(Br)s1. The standard InChI is InChI=1S/C17H13BrN2OS2/c18-16-8-7-15(23-16)17(21)20-13-3-5-14(6-4-13)22-11-12-2-1-9-19-10-12/h1-10H,11H2,(H,20,21). The second kappa shape index (κ2) is 7.77. The highest BCUT2D eigenvalue weighted by atomic mass is 79.9. The first-order chi connectivity index (χ1) is 11.2. The Bertz CT molecular complexity index is 788. The number of nitrogens with one attached hydrogen (secondary N) is 1. The monoisotopic (exact) mass is 404 g/mol. The van der Waals surface area contributed by atoms with Crippen LogP contribution in [-0.2, 0) is 5.75 Å². The van der Waals surface area contributed by atoms with Gasteiger partial charge in [0.1, 0.15) is 0 Å². The van der Waals surface area contributed by atoms with Gasteiger partial charge >= 0.3 is 0 Å². The number of amides is 1. The van der Waals surface area contributed by atoms with Crippen molar-refractivity contribution < 1.29 is 4.79 Å². The Kier molecular flexibility index (Phi) is 5.48.